The van der Waals surface area contributed by atoms with E-state index in [-0.39, 0.29) is 62.3 Å². The number of aliphatic hydroxyl groups is 2. The number of fused-ring (bicyclic) bond motifs is 3. The number of nitrogens with two attached hydrogens (primary N) is 1. The summed E-state index contributed by atoms with van der Waals surface area (Å²) in [5.74, 6) is -7.94. The number of carbonyl (C=O) groups is 7. The summed E-state index contributed by atoms with van der Waals surface area (Å²) in [6, 6.07) is -2.22. The molecule has 2 aromatic rings. The van der Waals surface area contributed by atoms with Gasteiger partial charge in [-0.3, -0.25) is 24.0 Å². The van der Waals surface area contributed by atoms with Crippen molar-refractivity contribution in [3.8, 4) is 0 Å². The Labute approximate surface area is 576 Å². The van der Waals surface area contributed by atoms with E-state index in [1.54, 1.807) is 53.3 Å². The highest BCUT2D eigenvalue weighted by Gasteiger charge is 2.53. The van der Waals surface area contributed by atoms with Gasteiger partial charge < -0.3 is 79.2 Å². The average molecular weight is 1370 g/mol. The third-order valence-corrected chi connectivity index (χ3v) is 19.4. The number of rotatable bonds is 19. The van der Waals surface area contributed by atoms with Crippen LogP contribution in [0.15, 0.2) is 72.4 Å². The van der Waals surface area contributed by atoms with Crippen molar-refractivity contribution in [2.24, 2.45) is 35.3 Å². The molecular formula is C71H106N10O17. The summed E-state index contributed by atoms with van der Waals surface area (Å²) in [4.78, 5) is 121. The van der Waals surface area contributed by atoms with Gasteiger partial charge in [0.05, 0.1) is 43.7 Å². The monoisotopic (exact) mass is 1370 g/mol. The molecular weight excluding hydrogens is 1260 g/mol. The Morgan fingerprint density at radius 3 is 2.11 bits per heavy atom. The molecule has 0 radical (unpaired) electrons. The number of nitrogens with one attached hydrogen (secondary N) is 2. The first-order valence-electron chi connectivity index (χ1n) is 34.7. The number of cyclic esters (lactones) is 1. The fraction of sp³-hybridized carbons (Fsp3) is 0.676. The van der Waals surface area contributed by atoms with Crippen LogP contribution < -0.4 is 26.2 Å². The van der Waals surface area contributed by atoms with E-state index in [0.717, 1.165) is 10.5 Å². The first-order valence-corrected chi connectivity index (χ1v) is 34.7. The smallest absolute Gasteiger partial charge is 0.407 e. The highest BCUT2D eigenvalue weighted by Crippen LogP contribution is 2.38. The topological polar surface area (TPSA) is 345 Å². The van der Waals surface area contributed by atoms with Crippen LogP contribution in [0.25, 0.3) is 0 Å². The molecule has 7 rings (SSSR count). The zero-order valence-corrected chi connectivity index (χ0v) is 58.8. The van der Waals surface area contributed by atoms with E-state index < -0.39 is 108 Å². The second-order valence-corrected chi connectivity index (χ2v) is 26.7. The number of esters is 1. The molecule has 4 fully saturated rings. The lowest BCUT2D eigenvalue weighted by Crippen LogP contribution is -2.61. The lowest BCUT2D eigenvalue weighted by atomic mass is 9.80. The van der Waals surface area contributed by atoms with E-state index in [9.17, 15) is 43.8 Å². The quantitative estimate of drug-likeness (QED) is 0.0502. The number of methoxy groups -OCH3 is 3. The minimum Gasteiger partial charge on any atom is -0.459 e. The number of hydrogen-bond donors (Lipinski definition) is 5. The van der Waals surface area contributed by atoms with Gasteiger partial charge in [-0.05, 0) is 108 Å². The molecule has 1 aliphatic carbocycles. The summed E-state index contributed by atoms with van der Waals surface area (Å²) in [7, 11) is 4.44. The van der Waals surface area contributed by atoms with Gasteiger partial charge in [0.1, 0.15) is 36.2 Å². The predicted octanol–water partition coefficient (Wildman–Crippen LogP) is 5.50. The number of ketones is 3. The summed E-state index contributed by atoms with van der Waals surface area (Å²) < 4.78 is 46.5. The van der Waals surface area contributed by atoms with Crippen LogP contribution in [0.4, 0.5) is 16.7 Å². The Kier molecular flexibility index (Phi) is 30.9. The lowest BCUT2D eigenvalue weighted by molar-refractivity contribution is -0.265. The number of alkyl carbamates (subject to hydrolysis) is 1. The zero-order valence-electron chi connectivity index (χ0n) is 58.8. The van der Waals surface area contributed by atoms with Crippen molar-refractivity contribution in [3.63, 3.8) is 0 Å². The number of piperidine rings is 1. The van der Waals surface area contributed by atoms with Gasteiger partial charge in [-0.15, -0.1) is 0 Å². The van der Waals surface area contributed by atoms with Crippen molar-refractivity contribution < 1.29 is 81.7 Å². The first kappa shape index (κ1) is 78.4. The van der Waals surface area contributed by atoms with Crippen LogP contribution in [0.5, 0.6) is 0 Å². The Morgan fingerprint density at radius 1 is 0.765 bits per heavy atom. The van der Waals surface area contributed by atoms with Crippen molar-refractivity contribution in [2.75, 3.05) is 96.8 Å². The van der Waals surface area contributed by atoms with Gasteiger partial charge in [-0.2, -0.15) is 0 Å². The normalized spacial score (nSPS) is 31.5. The van der Waals surface area contributed by atoms with Gasteiger partial charge >= 0.3 is 12.1 Å². The number of aliphatic hydroxyl groups excluding tert-OH is 1. The van der Waals surface area contributed by atoms with E-state index in [1.165, 1.54) is 26.6 Å². The second-order valence-electron chi connectivity index (χ2n) is 26.7. The molecule has 3 saturated heterocycles. The van der Waals surface area contributed by atoms with Gasteiger partial charge in [-0.25, -0.2) is 29.5 Å². The Balaban J connectivity index is 0.978. The molecule has 2 aromatic heterocycles. The van der Waals surface area contributed by atoms with Gasteiger partial charge in [0.2, 0.25) is 17.7 Å². The third-order valence-electron chi connectivity index (χ3n) is 19.4. The lowest BCUT2D eigenvalue weighted by Gasteiger charge is -2.42. The van der Waals surface area contributed by atoms with Crippen molar-refractivity contribution in [3.05, 3.63) is 83.5 Å². The Morgan fingerprint density at radius 2 is 1.45 bits per heavy atom. The summed E-state index contributed by atoms with van der Waals surface area (Å²) in [6.07, 6.45) is 14.4. The SMILES string of the molecule is CCOCCOCCNC(=O)c1cnc(N2CCN(c3ncc(CNC(=O)O[C@@H]4CC[C@@H](C[C@@H](N)[C@@H]5CC(=O)[C@H](C)/C=C(\C)[C@@H](O)[C@@H](OC)C(=O)[C@H](C)C[C@H](C)/C=C/C=C/C=C(\C)C(OC)C[C@@H]6CC[C@@H](C)[C@@](O)(O6)C(=O)C(=O)N6CCCC[C@H]6C(=O)O5)C[C@H]4OC)cn3)CC2)nc1. The van der Waals surface area contributed by atoms with Crippen molar-refractivity contribution >= 4 is 53.1 Å². The number of Topliss-reactive ketones (excluding diaryl/α,β-unsaturated/α-hetero) is 3. The van der Waals surface area contributed by atoms with Crippen LogP contribution in [-0.4, -0.2) is 224 Å². The highest BCUT2D eigenvalue weighted by molar-refractivity contribution is 6.39. The van der Waals surface area contributed by atoms with Crippen LogP contribution in [0.2, 0.25) is 0 Å². The molecule has 0 aromatic carbocycles. The van der Waals surface area contributed by atoms with Crippen molar-refractivity contribution in [1.82, 2.24) is 35.5 Å². The predicted molar refractivity (Wildman–Crippen MR) is 363 cm³/mol. The van der Waals surface area contributed by atoms with Gasteiger partial charge in [0.15, 0.2) is 5.78 Å². The average Bonchev–Trinajstić information content (AvgIpc) is 0.775. The Hall–Kier alpha value is -6.95. The van der Waals surface area contributed by atoms with Crippen LogP contribution in [0, 0.1) is 29.6 Å². The molecule has 1 saturated carbocycles. The van der Waals surface area contributed by atoms with Crippen LogP contribution in [0.1, 0.15) is 141 Å². The zero-order chi connectivity index (χ0) is 71.1. The van der Waals surface area contributed by atoms with E-state index >= 15 is 0 Å². The standard InChI is InChI=1S/C71H106N10O17/c1-11-94-31-32-95-30-24-73-65(86)52-42-76-69(77-43-52)80-28-26-79(27-29-80)68-74-39-51(40-75-68)41-78-70(89)97-57-23-21-50(36-60(57)92-9)35-54(72)59-38-56(82)46(4)34-48(6)62(84)63(93-10)61(83)47(5)33-44(2)17-13-12-14-18-45(3)58(91-8)37-53-22-20-49(7)71(90,98-53)64(85)66(87)81-25-16-15-19-55(81)67(88)96-59/h12-14,17-18,34,39-40,42-44,46-47,49-50,53-55,57-60,62-63,84,90H,11,15-16,19-33,35-38,41,72H2,1-10H3,(H,73,86)(H,78,89)/b14-12+,17-13+,45-18+,48-34+/t44-,46-,47-,49-,50+,53+,54-,55+,57-,58?,59+,60-,62-,63+,71-/m1/s1. The minimum atomic E-state index is -2.50. The molecule has 98 heavy (non-hydrogen) atoms. The van der Waals surface area contributed by atoms with E-state index in [4.69, 9.17) is 43.6 Å². The number of aromatic nitrogens is 4. The number of amides is 3. The fourth-order valence-electron chi connectivity index (χ4n) is 13.4. The van der Waals surface area contributed by atoms with E-state index in [1.807, 2.05) is 61.0 Å². The number of anilines is 2. The molecule has 15 atom stereocenters. The number of nitrogens with zero attached hydrogens (tertiary/aromatic N) is 7. The molecule has 6 heterocycles. The molecule has 27 nitrogen and oxygen atoms in total. The Bertz CT molecular complexity index is 3070. The van der Waals surface area contributed by atoms with Gasteiger partial charge in [0.25, 0.3) is 17.6 Å². The molecule has 5 aliphatic rings. The van der Waals surface area contributed by atoms with Crippen LogP contribution in [-0.2, 0) is 68.4 Å². The molecule has 27 heteroatoms. The maximum atomic E-state index is 14.7. The van der Waals surface area contributed by atoms with E-state index in [0.29, 0.717) is 139 Å². The molecule has 4 aliphatic heterocycles. The number of allylic oxidation sites excluding steroid dienone is 6. The van der Waals surface area contributed by atoms with Crippen LogP contribution in [0.3, 0.4) is 0 Å². The van der Waals surface area contributed by atoms with Gasteiger partial charge in [-0.1, -0.05) is 64.2 Å². The summed E-state index contributed by atoms with van der Waals surface area (Å²) >= 11 is 0. The second kappa shape index (κ2) is 38.6. The summed E-state index contributed by atoms with van der Waals surface area (Å²) in [6.45, 7) is 17.2. The highest BCUT2D eigenvalue weighted by atomic mass is 16.6. The van der Waals surface area contributed by atoms with Gasteiger partial charge in [0, 0.05) is 141 Å². The summed E-state index contributed by atoms with van der Waals surface area (Å²) in [5.41, 5.74) is 9.22. The molecule has 542 valence electrons. The minimum absolute atomic E-state index is 0.01000. The van der Waals surface area contributed by atoms with Crippen molar-refractivity contribution in [2.45, 2.75) is 193 Å². The maximum Gasteiger partial charge on any atom is 0.407 e. The number of piperazine rings is 1. The van der Waals surface area contributed by atoms with Crippen LogP contribution >= 0.6 is 0 Å². The summed E-state index contributed by atoms with van der Waals surface area (Å²) in [5, 5.41) is 29.3. The number of carbonyl (C=O) groups excluding carboxylic acids is 7. The molecule has 6 N–H and O–H groups in total. The maximum absolute atomic E-state index is 14.7. The largest absolute Gasteiger partial charge is 0.459 e. The number of hydrogen-bond acceptors (Lipinski definition) is 24. The molecule has 0 spiro atoms. The fourth-order valence-corrected chi connectivity index (χ4v) is 13.4. The molecule has 3 amide bonds. The molecule has 1 unspecified atom stereocenters. The third kappa shape index (κ3) is 22.0. The first-order chi connectivity index (χ1) is 47.0. The van der Waals surface area contributed by atoms with E-state index in [2.05, 4.69) is 30.6 Å². The molecule has 2 bridgehead atoms. The number of ether oxygens (including phenoxy) is 8. The van der Waals surface area contributed by atoms with Crippen molar-refractivity contribution in [1.29, 1.82) is 0 Å².